The molecule has 0 radical (unpaired) electrons. The van der Waals surface area contributed by atoms with Crippen molar-refractivity contribution >= 4 is 5.69 Å². The average Bonchev–Trinajstić information content (AvgIpc) is 3.22. The number of hydrogen-bond donors (Lipinski definition) is 1. The molecule has 2 atom stereocenters. The Morgan fingerprint density at radius 3 is 2.83 bits per heavy atom. The van der Waals surface area contributed by atoms with Gasteiger partial charge in [0.25, 0.3) is 0 Å². The Labute approximate surface area is 110 Å². The van der Waals surface area contributed by atoms with Crippen molar-refractivity contribution in [2.24, 2.45) is 5.92 Å². The number of para-hydroxylation sites is 1. The number of hydrogen-bond acceptors (Lipinski definition) is 2. The van der Waals surface area contributed by atoms with Crippen LogP contribution in [0.3, 0.4) is 0 Å². The molecule has 2 heteroatoms. The van der Waals surface area contributed by atoms with Gasteiger partial charge in [-0.25, -0.2) is 0 Å². The highest BCUT2D eigenvalue weighted by Crippen LogP contribution is 2.37. The average molecular weight is 244 g/mol. The van der Waals surface area contributed by atoms with Crippen LogP contribution < -0.4 is 5.32 Å². The molecule has 98 valence electrons. The molecule has 3 rings (SSSR count). The van der Waals surface area contributed by atoms with Gasteiger partial charge < -0.3 is 10.2 Å². The Morgan fingerprint density at radius 2 is 2.06 bits per heavy atom. The predicted molar refractivity (Wildman–Crippen MR) is 77.1 cm³/mol. The smallest absolute Gasteiger partial charge is 0.0376 e. The number of rotatable bonds is 4. The molecular formula is C16H24N2. The summed E-state index contributed by atoms with van der Waals surface area (Å²) in [5.41, 5.74) is 2.86. The van der Waals surface area contributed by atoms with Gasteiger partial charge in [-0.1, -0.05) is 18.2 Å². The number of nitrogens with one attached hydrogen (secondary N) is 1. The molecule has 1 N–H and O–H groups in total. The van der Waals surface area contributed by atoms with Gasteiger partial charge in [0.1, 0.15) is 0 Å². The molecule has 1 fully saturated rings. The summed E-state index contributed by atoms with van der Waals surface area (Å²) in [6.07, 6.45) is 4.14. The number of benzene rings is 1. The van der Waals surface area contributed by atoms with Gasteiger partial charge in [-0.3, -0.25) is 0 Å². The van der Waals surface area contributed by atoms with E-state index in [2.05, 4.69) is 48.5 Å². The summed E-state index contributed by atoms with van der Waals surface area (Å²) >= 11 is 0. The fourth-order valence-electron chi connectivity index (χ4n) is 3.19. The van der Waals surface area contributed by atoms with Gasteiger partial charge in [-0.2, -0.15) is 0 Å². The first-order chi connectivity index (χ1) is 8.75. The molecule has 18 heavy (non-hydrogen) atoms. The maximum atomic E-state index is 3.51. The van der Waals surface area contributed by atoms with Gasteiger partial charge in [-0.05, 0) is 50.8 Å². The van der Waals surface area contributed by atoms with Crippen LogP contribution in [0.15, 0.2) is 24.3 Å². The molecule has 1 aliphatic carbocycles. The van der Waals surface area contributed by atoms with Crippen molar-refractivity contribution in [3.05, 3.63) is 29.8 Å². The summed E-state index contributed by atoms with van der Waals surface area (Å²) in [4.78, 5) is 2.57. The van der Waals surface area contributed by atoms with E-state index < -0.39 is 0 Å². The molecule has 2 aliphatic rings. The summed E-state index contributed by atoms with van der Waals surface area (Å²) in [6, 6.07) is 9.56. The van der Waals surface area contributed by atoms with Crippen LogP contribution in [0.1, 0.15) is 37.7 Å². The van der Waals surface area contributed by atoms with Gasteiger partial charge in [0, 0.05) is 30.7 Å². The fourth-order valence-corrected chi connectivity index (χ4v) is 3.19. The standard InChI is InChI=1S/C16H24N2/c1-12(13-7-8-13)18(2)11-14-9-10-17-16-6-4-3-5-15(14)16/h3-6,12-14,17H,7-11H2,1-2H3. The van der Waals surface area contributed by atoms with Gasteiger partial charge in [-0.15, -0.1) is 0 Å². The molecule has 1 aromatic carbocycles. The van der Waals surface area contributed by atoms with Crippen LogP contribution in [0.25, 0.3) is 0 Å². The number of nitrogens with zero attached hydrogens (tertiary/aromatic N) is 1. The van der Waals surface area contributed by atoms with Crippen molar-refractivity contribution in [1.82, 2.24) is 4.90 Å². The zero-order valence-electron chi connectivity index (χ0n) is 11.5. The van der Waals surface area contributed by atoms with E-state index in [1.54, 1.807) is 0 Å². The zero-order chi connectivity index (χ0) is 12.5. The van der Waals surface area contributed by atoms with Gasteiger partial charge in [0.15, 0.2) is 0 Å². The van der Waals surface area contributed by atoms with Crippen molar-refractivity contribution in [2.45, 2.75) is 38.1 Å². The molecule has 0 spiro atoms. The Balaban J connectivity index is 1.69. The molecule has 1 aromatic rings. The number of fused-ring (bicyclic) bond motifs is 1. The Kier molecular flexibility index (Phi) is 3.29. The van der Waals surface area contributed by atoms with E-state index in [0.29, 0.717) is 5.92 Å². The van der Waals surface area contributed by atoms with E-state index in [1.807, 2.05) is 0 Å². The molecule has 1 heterocycles. The summed E-state index contributed by atoms with van der Waals surface area (Å²) in [7, 11) is 2.30. The predicted octanol–water partition coefficient (Wildman–Crippen LogP) is 3.32. The molecule has 1 aliphatic heterocycles. The van der Waals surface area contributed by atoms with E-state index in [4.69, 9.17) is 0 Å². The van der Waals surface area contributed by atoms with E-state index >= 15 is 0 Å². The summed E-state index contributed by atoms with van der Waals surface area (Å²) in [5, 5.41) is 3.51. The second kappa shape index (κ2) is 4.93. The first-order valence-corrected chi connectivity index (χ1v) is 7.28. The van der Waals surface area contributed by atoms with Crippen molar-refractivity contribution < 1.29 is 0 Å². The SMILES string of the molecule is CC(C1CC1)N(C)CC1CCNc2ccccc21. The maximum absolute atomic E-state index is 3.51. The Bertz CT molecular complexity index is 411. The quantitative estimate of drug-likeness (QED) is 0.874. The summed E-state index contributed by atoms with van der Waals surface area (Å²) < 4.78 is 0. The minimum absolute atomic E-state index is 0.702. The first kappa shape index (κ1) is 12.0. The Morgan fingerprint density at radius 1 is 1.28 bits per heavy atom. The topological polar surface area (TPSA) is 15.3 Å². The molecule has 2 unspecified atom stereocenters. The maximum Gasteiger partial charge on any atom is 0.0376 e. The zero-order valence-corrected chi connectivity index (χ0v) is 11.5. The summed E-state index contributed by atoms with van der Waals surface area (Å²) in [6.45, 7) is 4.72. The van der Waals surface area contributed by atoms with Crippen LogP contribution in [0.4, 0.5) is 5.69 Å². The second-order valence-electron chi connectivity index (χ2n) is 6.02. The van der Waals surface area contributed by atoms with Gasteiger partial charge in [0.05, 0.1) is 0 Å². The molecule has 0 amide bonds. The van der Waals surface area contributed by atoms with Crippen LogP contribution >= 0.6 is 0 Å². The van der Waals surface area contributed by atoms with Crippen LogP contribution in [-0.2, 0) is 0 Å². The molecule has 1 saturated carbocycles. The first-order valence-electron chi connectivity index (χ1n) is 7.28. The molecular weight excluding hydrogens is 220 g/mol. The van der Waals surface area contributed by atoms with Crippen LogP contribution in [0.2, 0.25) is 0 Å². The number of likely N-dealkylation sites (N-methyl/N-ethyl adjacent to an activating group) is 1. The third-order valence-corrected chi connectivity index (χ3v) is 4.72. The largest absolute Gasteiger partial charge is 0.385 e. The highest BCUT2D eigenvalue weighted by Gasteiger charge is 2.32. The lowest BCUT2D eigenvalue weighted by molar-refractivity contribution is 0.217. The minimum Gasteiger partial charge on any atom is -0.385 e. The van der Waals surface area contributed by atoms with Crippen molar-refractivity contribution in [3.63, 3.8) is 0 Å². The lowest BCUT2D eigenvalue weighted by Crippen LogP contribution is -2.36. The van der Waals surface area contributed by atoms with E-state index in [9.17, 15) is 0 Å². The lowest BCUT2D eigenvalue weighted by atomic mass is 9.90. The lowest BCUT2D eigenvalue weighted by Gasteiger charge is -2.33. The van der Waals surface area contributed by atoms with E-state index in [0.717, 1.165) is 18.5 Å². The van der Waals surface area contributed by atoms with Crippen molar-refractivity contribution in [1.29, 1.82) is 0 Å². The molecule has 0 saturated heterocycles. The molecule has 0 bridgehead atoms. The molecule has 0 aromatic heterocycles. The van der Waals surface area contributed by atoms with Crippen molar-refractivity contribution in [2.75, 3.05) is 25.5 Å². The normalized spacial score (nSPS) is 24.5. The number of anilines is 1. The highest BCUT2D eigenvalue weighted by molar-refractivity contribution is 5.54. The summed E-state index contributed by atoms with van der Waals surface area (Å²) in [5.74, 6) is 1.67. The minimum atomic E-state index is 0.702. The van der Waals surface area contributed by atoms with Crippen LogP contribution in [0.5, 0.6) is 0 Å². The molecule has 2 nitrogen and oxygen atoms in total. The fraction of sp³-hybridized carbons (Fsp3) is 0.625. The van der Waals surface area contributed by atoms with Gasteiger partial charge >= 0.3 is 0 Å². The third kappa shape index (κ3) is 2.39. The van der Waals surface area contributed by atoms with Crippen LogP contribution in [-0.4, -0.2) is 31.1 Å². The van der Waals surface area contributed by atoms with Crippen molar-refractivity contribution in [3.8, 4) is 0 Å². The van der Waals surface area contributed by atoms with E-state index in [1.165, 1.54) is 37.1 Å². The third-order valence-electron chi connectivity index (χ3n) is 4.72. The van der Waals surface area contributed by atoms with Gasteiger partial charge in [0.2, 0.25) is 0 Å². The Hall–Kier alpha value is -1.02. The highest BCUT2D eigenvalue weighted by atomic mass is 15.1. The second-order valence-corrected chi connectivity index (χ2v) is 6.02. The van der Waals surface area contributed by atoms with Crippen LogP contribution in [0, 0.1) is 5.92 Å². The van der Waals surface area contributed by atoms with E-state index in [-0.39, 0.29) is 0 Å². The monoisotopic (exact) mass is 244 g/mol.